The second kappa shape index (κ2) is 7.00. The normalized spacial score (nSPS) is 10.7. The van der Waals surface area contributed by atoms with E-state index in [0.717, 1.165) is 29.2 Å². The largest absolute Gasteiger partial charge is 0.377 e. The van der Waals surface area contributed by atoms with Gasteiger partial charge in [0.25, 0.3) is 0 Å². The molecule has 0 aliphatic rings. The summed E-state index contributed by atoms with van der Waals surface area (Å²) in [6.07, 6.45) is 3.82. The topological polar surface area (TPSA) is 71.4 Å². The molecule has 124 valence electrons. The molecule has 0 saturated heterocycles. The zero-order valence-electron chi connectivity index (χ0n) is 13.6. The van der Waals surface area contributed by atoms with Crippen molar-refractivity contribution in [1.29, 1.82) is 0 Å². The molecular weight excluding hydrogens is 312 g/mol. The Morgan fingerprint density at radius 3 is 2.48 bits per heavy atom. The predicted molar refractivity (Wildman–Crippen MR) is 96.9 cm³/mol. The van der Waals surface area contributed by atoms with Gasteiger partial charge in [0.2, 0.25) is 0 Å². The fourth-order valence-electron chi connectivity index (χ4n) is 2.70. The molecule has 0 unspecified atom stereocenters. The van der Waals surface area contributed by atoms with Crippen molar-refractivity contribution in [2.24, 2.45) is 0 Å². The maximum absolute atomic E-state index is 4.40. The predicted octanol–water partition coefficient (Wildman–Crippen LogP) is 3.33. The molecule has 2 N–H and O–H groups in total. The van der Waals surface area contributed by atoms with Crippen LogP contribution in [0.1, 0.15) is 11.3 Å². The summed E-state index contributed by atoms with van der Waals surface area (Å²) in [4.78, 5) is 0. The highest BCUT2D eigenvalue weighted by molar-refractivity contribution is 5.61. The Labute approximate surface area is 145 Å². The Kier molecular flexibility index (Phi) is 4.24. The lowest BCUT2D eigenvalue weighted by Gasteiger charge is -2.03. The van der Waals surface area contributed by atoms with Gasteiger partial charge in [-0.15, -0.1) is 0 Å². The van der Waals surface area contributed by atoms with Crippen molar-refractivity contribution in [3.05, 3.63) is 84.3 Å². The van der Waals surface area contributed by atoms with E-state index in [9.17, 15) is 0 Å². The van der Waals surface area contributed by atoms with Crippen molar-refractivity contribution in [2.75, 3.05) is 5.32 Å². The van der Waals surface area contributed by atoms with Crippen LogP contribution in [0.15, 0.2) is 73.1 Å². The van der Waals surface area contributed by atoms with Gasteiger partial charge < -0.3 is 5.32 Å². The number of aromatic amines is 1. The Hall–Kier alpha value is -3.41. The highest BCUT2D eigenvalue weighted by atomic mass is 15.3. The quantitative estimate of drug-likeness (QED) is 0.569. The second-order valence-corrected chi connectivity index (χ2v) is 5.75. The summed E-state index contributed by atoms with van der Waals surface area (Å²) < 4.78 is 1.92. The number of aromatic nitrogens is 5. The van der Waals surface area contributed by atoms with Crippen LogP contribution >= 0.6 is 0 Å². The maximum atomic E-state index is 4.40. The van der Waals surface area contributed by atoms with Crippen molar-refractivity contribution < 1.29 is 0 Å². The van der Waals surface area contributed by atoms with Crippen molar-refractivity contribution in [3.63, 3.8) is 0 Å². The summed E-state index contributed by atoms with van der Waals surface area (Å²) in [5.41, 5.74) is 4.97. The number of anilines is 1. The van der Waals surface area contributed by atoms with Crippen LogP contribution in [0.4, 0.5) is 5.69 Å². The van der Waals surface area contributed by atoms with Gasteiger partial charge in [-0.1, -0.05) is 60.7 Å². The van der Waals surface area contributed by atoms with Gasteiger partial charge in [0, 0.05) is 11.8 Å². The molecule has 0 fully saturated rings. The Balaban J connectivity index is 1.42. The molecule has 4 rings (SSSR count). The average Bonchev–Trinajstić information content (AvgIpc) is 3.31. The maximum Gasteiger partial charge on any atom is 0.117 e. The first kappa shape index (κ1) is 15.1. The van der Waals surface area contributed by atoms with Gasteiger partial charge in [-0.05, 0) is 5.56 Å². The minimum Gasteiger partial charge on any atom is -0.377 e. The van der Waals surface area contributed by atoms with E-state index in [2.05, 4.69) is 38.0 Å². The third-order valence-corrected chi connectivity index (χ3v) is 3.95. The molecule has 6 heteroatoms. The van der Waals surface area contributed by atoms with E-state index in [1.54, 1.807) is 0 Å². The summed E-state index contributed by atoms with van der Waals surface area (Å²) in [6.45, 7) is 1.33. The molecule has 2 aromatic carbocycles. The third-order valence-electron chi connectivity index (χ3n) is 3.95. The minimum absolute atomic E-state index is 0.581. The van der Waals surface area contributed by atoms with E-state index >= 15 is 0 Å². The first-order valence-electron chi connectivity index (χ1n) is 8.14. The van der Waals surface area contributed by atoms with E-state index in [1.165, 1.54) is 5.56 Å². The number of nitrogens with one attached hydrogen (secondary N) is 2. The van der Waals surface area contributed by atoms with E-state index in [-0.39, 0.29) is 0 Å². The van der Waals surface area contributed by atoms with Crippen molar-refractivity contribution in [3.8, 4) is 11.3 Å². The van der Waals surface area contributed by atoms with E-state index < -0.39 is 0 Å². The fraction of sp³-hybridized carbons (Fsp3) is 0.105. The Bertz CT molecular complexity index is 927. The number of nitrogens with zero attached hydrogens (tertiary/aromatic N) is 4. The molecule has 0 radical (unpaired) electrons. The summed E-state index contributed by atoms with van der Waals surface area (Å²) in [5.74, 6) is 0. The standard InChI is InChI=1S/C19H18N6/c1-3-7-15(8-4-1)13-25-14-17(11-21-25)20-12-18-19(23-24-22-18)16-9-5-2-6-10-16/h1-11,14,20H,12-13H2,(H,22,23,24). The van der Waals surface area contributed by atoms with E-state index in [4.69, 9.17) is 0 Å². The van der Waals surface area contributed by atoms with Crippen LogP contribution in [0.5, 0.6) is 0 Å². The lowest BCUT2D eigenvalue weighted by Crippen LogP contribution is -2.01. The highest BCUT2D eigenvalue weighted by Crippen LogP contribution is 2.20. The average molecular weight is 330 g/mol. The van der Waals surface area contributed by atoms with Crippen LogP contribution in [0, 0.1) is 0 Å². The molecule has 2 heterocycles. The monoisotopic (exact) mass is 330 g/mol. The molecule has 0 aliphatic carbocycles. The number of hydrogen-bond donors (Lipinski definition) is 2. The van der Waals surface area contributed by atoms with Crippen LogP contribution < -0.4 is 5.32 Å². The Morgan fingerprint density at radius 2 is 1.68 bits per heavy atom. The lowest BCUT2D eigenvalue weighted by molar-refractivity contribution is 0.687. The molecular formula is C19H18N6. The molecule has 4 aromatic rings. The molecule has 25 heavy (non-hydrogen) atoms. The summed E-state index contributed by atoms with van der Waals surface area (Å²) in [6, 6.07) is 20.3. The van der Waals surface area contributed by atoms with Crippen LogP contribution in [-0.2, 0) is 13.1 Å². The van der Waals surface area contributed by atoms with Gasteiger partial charge in [0.1, 0.15) is 11.4 Å². The number of hydrogen-bond acceptors (Lipinski definition) is 4. The second-order valence-electron chi connectivity index (χ2n) is 5.75. The number of benzene rings is 2. The smallest absolute Gasteiger partial charge is 0.117 e. The van der Waals surface area contributed by atoms with Crippen LogP contribution in [0.25, 0.3) is 11.3 Å². The van der Waals surface area contributed by atoms with Gasteiger partial charge >= 0.3 is 0 Å². The van der Waals surface area contributed by atoms with E-state index in [1.807, 2.05) is 65.6 Å². The van der Waals surface area contributed by atoms with Crippen molar-refractivity contribution in [1.82, 2.24) is 25.2 Å². The third kappa shape index (κ3) is 3.58. The zero-order valence-corrected chi connectivity index (χ0v) is 13.6. The molecule has 6 nitrogen and oxygen atoms in total. The molecule has 0 spiro atoms. The number of rotatable bonds is 6. The van der Waals surface area contributed by atoms with Gasteiger partial charge in [-0.25, -0.2) is 0 Å². The van der Waals surface area contributed by atoms with Crippen LogP contribution in [-0.4, -0.2) is 25.2 Å². The molecule has 0 atom stereocenters. The van der Waals surface area contributed by atoms with Crippen LogP contribution in [0.2, 0.25) is 0 Å². The lowest BCUT2D eigenvalue weighted by atomic mass is 10.1. The van der Waals surface area contributed by atoms with Crippen molar-refractivity contribution >= 4 is 5.69 Å². The SMILES string of the molecule is c1ccc(Cn2cc(NCc3n[nH]nc3-c3ccccc3)cn2)cc1. The fourth-order valence-corrected chi connectivity index (χ4v) is 2.70. The van der Waals surface area contributed by atoms with Gasteiger partial charge in [0.15, 0.2) is 0 Å². The minimum atomic E-state index is 0.581. The summed E-state index contributed by atoms with van der Waals surface area (Å²) in [5, 5.41) is 19.0. The van der Waals surface area contributed by atoms with Gasteiger partial charge in [-0.2, -0.15) is 20.5 Å². The summed E-state index contributed by atoms with van der Waals surface area (Å²) >= 11 is 0. The molecule has 0 saturated carbocycles. The summed E-state index contributed by atoms with van der Waals surface area (Å²) in [7, 11) is 0. The van der Waals surface area contributed by atoms with Gasteiger partial charge in [0.05, 0.1) is 25.0 Å². The highest BCUT2D eigenvalue weighted by Gasteiger charge is 2.10. The van der Waals surface area contributed by atoms with Crippen molar-refractivity contribution in [2.45, 2.75) is 13.1 Å². The molecule has 0 aliphatic heterocycles. The molecule has 2 aromatic heterocycles. The molecule has 0 amide bonds. The first-order valence-corrected chi connectivity index (χ1v) is 8.14. The zero-order chi connectivity index (χ0) is 16.9. The number of H-pyrrole nitrogens is 1. The van der Waals surface area contributed by atoms with Crippen LogP contribution in [0.3, 0.4) is 0 Å². The van der Waals surface area contributed by atoms with E-state index in [0.29, 0.717) is 6.54 Å². The first-order chi connectivity index (χ1) is 12.4. The molecule has 0 bridgehead atoms. The van der Waals surface area contributed by atoms with Gasteiger partial charge in [-0.3, -0.25) is 4.68 Å². The Morgan fingerprint density at radius 1 is 0.920 bits per heavy atom.